The minimum atomic E-state index is -4.32. The molecule has 8 heteroatoms. The molecule has 0 bridgehead atoms. The van der Waals surface area contributed by atoms with Crippen molar-refractivity contribution in [2.24, 2.45) is 0 Å². The van der Waals surface area contributed by atoms with Gasteiger partial charge in [-0.1, -0.05) is 30.3 Å². The third kappa shape index (κ3) is 14.5. The van der Waals surface area contributed by atoms with Crippen LogP contribution in [0.15, 0.2) is 30.3 Å². The molecular weight excluding hydrogens is 299 g/mol. The maximum atomic E-state index is 10.2. The van der Waals surface area contributed by atoms with Gasteiger partial charge >= 0.3 is 19.5 Å². The van der Waals surface area contributed by atoms with Crippen LogP contribution in [0, 0.1) is 0 Å². The summed E-state index contributed by atoms with van der Waals surface area (Å²) in [6.07, 6.45) is 1.90. The Morgan fingerprint density at radius 3 is 1.90 bits per heavy atom. The highest BCUT2D eigenvalue weighted by Crippen LogP contribution is 2.33. The standard InChI is InChI=1S/C11H14O2.C2H5O5P/c12-11(13)9-5-4-8-10-6-2-1-3-7-10;3-2(4)1-8(5,6)7/h1-3,6-7H,4-5,8-9H2,(H,12,13);1H2,(H,3,4)(H2,5,6,7). The SMILES string of the molecule is O=C(O)CCCCc1ccccc1.O=C(O)CP(=O)(O)O. The second kappa shape index (κ2) is 10.1. The van der Waals surface area contributed by atoms with Gasteiger partial charge in [0, 0.05) is 6.42 Å². The van der Waals surface area contributed by atoms with Gasteiger partial charge < -0.3 is 20.0 Å². The number of rotatable bonds is 7. The van der Waals surface area contributed by atoms with Gasteiger partial charge in [0.25, 0.3) is 0 Å². The van der Waals surface area contributed by atoms with Crippen molar-refractivity contribution in [1.82, 2.24) is 0 Å². The molecule has 118 valence electrons. The zero-order valence-electron chi connectivity index (χ0n) is 11.4. The molecule has 0 radical (unpaired) electrons. The molecule has 0 saturated heterocycles. The Morgan fingerprint density at radius 2 is 1.52 bits per heavy atom. The van der Waals surface area contributed by atoms with Crippen molar-refractivity contribution in [1.29, 1.82) is 0 Å². The largest absolute Gasteiger partial charge is 0.481 e. The number of aliphatic carboxylic acids is 2. The highest BCUT2D eigenvalue weighted by molar-refractivity contribution is 7.52. The molecule has 0 unspecified atom stereocenters. The summed E-state index contributed by atoms with van der Waals surface area (Å²) < 4.78 is 9.76. The first-order valence-electron chi connectivity index (χ1n) is 6.23. The molecule has 1 aromatic carbocycles. The highest BCUT2D eigenvalue weighted by Gasteiger charge is 2.17. The lowest BCUT2D eigenvalue weighted by Crippen LogP contribution is -2.01. The second-order valence-corrected chi connectivity index (χ2v) is 5.95. The first-order valence-corrected chi connectivity index (χ1v) is 8.02. The third-order valence-electron chi connectivity index (χ3n) is 2.29. The Balaban J connectivity index is 0.000000433. The van der Waals surface area contributed by atoms with Crippen LogP contribution in [0.2, 0.25) is 0 Å². The Labute approximate surface area is 122 Å². The number of carbonyl (C=O) groups is 2. The molecule has 21 heavy (non-hydrogen) atoms. The topological polar surface area (TPSA) is 132 Å². The summed E-state index contributed by atoms with van der Waals surface area (Å²) in [6, 6.07) is 10.1. The van der Waals surface area contributed by atoms with Gasteiger partial charge in [0.1, 0.15) is 6.16 Å². The van der Waals surface area contributed by atoms with Crippen molar-refractivity contribution in [3.05, 3.63) is 35.9 Å². The van der Waals surface area contributed by atoms with Gasteiger partial charge in [-0.2, -0.15) is 0 Å². The van der Waals surface area contributed by atoms with Crippen LogP contribution in [0.3, 0.4) is 0 Å². The Morgan fingerprint density at radius 1 is 0.952 bits per heavy atom. The predicted molar refractivity (Wildman–Crippen MR) is 76.2 cm³/mol. The van der Waals surface area contributed by atoms with Crippen LogP contribution in [0.25, 0.3) is 0 Å². The smallest absolute Gasteiger partial charge is 0.336 e. The van der Waals surface area contributed by atoms with Crippen molar-refractivity contribution in [2.45, 2.75) is 25.7 Å². The van der Waals surface area contributed by atoms with Gasteiger partial charge in [-0.25, -0.2) is 0 Å². The molecule has 0 aliphatic rings. The first-order chi connectivity index (χ1) is 9.70. The average molecular weight is 318 g/mol. The fourth-order valence-electron chi connectivity index (χ4n) is 1.43. The summed E-state index contributed by atoms with van der Waals surface area (Å²) in [5.41, 5.74) is 1.29. The van der Waals surface area contributed by atoms with Crippen LogP contribution in [0.1, 0.15) is 24.8 Å². The molecule has 1 aromatic rings. The van der Waals surface area contributed by atoms with Gasteiger partial charge in [-0.15, -0.1) is 0 Å². The second-order valence-electron chi connectivity index (χ2n) is 4.30. The van der Waals surface area contributed by atoms with E-state index in [-0.39, 0.29) is 6.42 Å². The van der Waals surface area contributed by atoms with E-state index in [1.54, 1.807) is 0 Å². The zero-order chi connectivity index (χ0) is 16.3. The van der Waals surface area contributed by atoms with Gasteiger partial charge in [0.05, 0.1) is 0 Å². The molecule has 0 aliphatic heterocycles. The fraction of sp³-hybridized carbons (Fsp3) is 0.385. The zero-order valence-corrected chi connectivity index (χ0v) is 12.3. The highest BCUT2D eigenvalue weighted by atomic mass is 31.2. The maximum Gasteiger partial charge on any atom is 0.336 e. The number of hydrogen-bond acceptors (Lipinski definition) is 3. The van der Waals surface area contributed by atoms with Crippen LogP contribution in [0.4, 0.5) is 0 Å². The van der Waals surface area contributed by atoms with E-state index in [1.165, 1.54) is 5.56 Å². The van der Waals surface area contributed by atoms with E-state index < -0.39 is 25.7 Å². The summed E-state index contributed by atoms with van der Waals surface area (Å²) in [5.74, 6) is -2.19. The molecule has 0 fully saturated rings. The first kappa shape index (κ1) is 19.3. The number of benzene rings is 1. The van der Waals surface area contributed by atoms with E-state index in [0.29, 0.717) is 0 Å². The summed E-state index contributed by atoms with van der Waals surface area (Å²) in [4.78, 5) is 35.6. The summed E-state index contributed by atoms with van der Waals surface area (Å²) in [5, 5.41) is 16.2. The number of carboxylic acids is 2. The average Bonchev–Trinajstić information content (AvgIpc) is 2.33. The molecule has 0 aromatic heterocycles. The molecule has 0 heterocycles. The lowest BCUT2D eigenvalue weighted by molar-refractivity contribution is -0.137. The third-order valence-corrected chi connectivity index (χ3v) is 2.97. The van der Waals surface area contributed by atoms with E-state index in [4.69, 9.17) is 20.0 Å². The molecule has 0 saturated carbocycles. The lowest BCUT2D eigenvalue weighted by Gasteiger charge is -1.98. The van der Waals surface area contributed by atoms with Crippen LogP contribution < -0.4 is 0 Å². The molecule has 7 nitrogen and oxygen atoms in total. The number of hydrogen-bond donors (Lipinski definition) is 4. The molecule has 0 spiro atoms. The van der Waals surface area contributed by atoms with Gasteiger partial charge in [-0.3, -0.25) is 14.2 Å². The van der Waals surface area contributed by atoms with Gasteiger partial charge in [0.2, 0.25) is 0 Å². The van der Waals surface area contributed by atoms with Crippen molar-refractivity contribution in [2.75, 3.05) is 6.16 Å². The van der Waals surface area contributed by atoms with E-state index in [0.717, 1.165) is 19.3 Å². The van der Waals surface area contributed by atoms with E-state index in [1.807, 2.05) is 18.2 Å². The Kier molecular flexibility index (Phi) is 9.28. The molecule has 1 rings (SSSR count). The fourth-order valence-corrected chi connectivity index (χ4v) is 1.78. The quantitative estimate of drug-likeness (QED) is 0.444. The minimum absolute atomic E-state index is 0.285. The molecule has 0 atom stereocenters. The number of carboxylic acid groups (broad SMARTS) is 2. The lowest BCUT2D eigenvalue weighted by atomic mass is 10.1. The maximum absolute atomic E-state index is 10.2. The van der Waals surface area contributed by atoms with Crippen molar-refractivity contribution in [3.63, 3.8) is 0 Å². The summed E-state index contributed by atoms with van der Waals surface area (Å²) in [7, 11) is -4.32. The number of unbranched alkanes of at least 4 members (excludes halogenated alkanes) is 1. The molecular formula is C13H19O7P. The van der Waals surface area contributed by atoms with Crippen LogP contribution in [-0.2, 0) is 20.6 Å². The Bertz CT molecular complexity index is 481. The molecule has 4 N–H and O–H groups in total. The minimum Gasteiger partial charge on any atom is -0.481 e. The van der Waals surface area contributed by atoms with E-state index in [9.17, 15) is 14.2 Å². The molecule has 0 aliphatic carbocycles. The monoisotopic (exact) mass is 318 g/mol. The van der Waals surface area contributed by atoms with Gasteiger partial charge in [-0.05, 0) is 24.8 Å². The molecule has 0 amide bonds. The van der Waals surface area contributed by atoms with E-state index >= 15 is 0 Å². The van der Waals surface area contributed by atoms with Gasteiger partial charge in [0.15, 0.2) is 0 Å². The van der Waals surface area contributed by atoms with Crippen LogP contribution in [-0.4, -0.2) is 38.1 Å². The van der Waals surface area contributed by atoms with E-state index in [2.05, 4.69) is 12.1 Å². The Hall–Kier alpha value is -1.69. The van der Waals surface area contributed by atoms with Crippen molar-refractivity contribution < 1.29 is 34.2 Å². The normalized spacial score (nSPS) is 10.4. The van der Waals surface area contributed by atoms with Crippen molar-refractivity contribution >= 4 is 19.5 Å². The predicted octanol–water partition coefficient (Wildman–Crippen LogP) is 1.73. The van der Waals surface area contributed by atoms with Crippen LogP contribution >= 0.6 is 7.60 Å². The summed E-state index contributed by atoms with van der Waals surface area (Å²) in [6.45, 7) is 0. The van der Waals surface area contributed by atoms with Crippen molar-refractivity contribution in [3.8, 4) is 0 Å². The van der Waals surface area contributed by atoms with Crippen LogP contribution in [0.5, 0.6) is 0 Å². The summed E-state index contributed by atoms with van der Waals surface area (Å²) >= 11 is 0. The number of aryl methyl sites for hydroxylation is 1.